The molecule has 0 amide bonds. The monoisotopic (exact) mass is 303 g/mol. The third-order valence-electron chi connectivity index (χ3n) is 3.49. The number of nitrogens with zero attached hydrogens (tertiary/aromatic N) is 2. The van der Waals surface area contributed by atoms with Crippen molar-refractivity contribution in [2.75, 3.05) is 4.72 Å². The highest BCUT2D eigenvalue weighted by Crippen LogP contribution is 2.37. The predicted molar refractivity (Wildman–Crippen MR) is 81.4 cm³/mol. The zero-order valence-corrected chi connectivity index (χ0v) is 12.6. The third kappa shape index (κ3) is 3.58. The predicted octanol–water partition coefficient (Wildman–Crippen LogP) is 2.60. The SMILES string of the molecule is Cc1ccccc1CS(=O)(=O)Nc1cnc(C2CC2)nc1. The maximum Gasteiger partial charge on any atom is 0.237 e. The van der Waals surface area contributed by atoms with Crippen LogP contribution in [0.25, 0.3) is 0 Å². The summed E-state index contributed by atoms with van der Waals surface area (Å²) in [6.45, 7) is 1.90. The lowest BCUT2D eigenvalue weighted by atomic mass is 10.1. The molecular weight excluding hydrogens is 286 g/mol. The molecule has 5 nitrogen and oxygen atoms in total. The van der Waals surface area contributed by atoms with Gasteiger partial charge in [-0.2, -0.15) is 0 Å². The molecule has 0 unspecified atom stereocenters. The average Bonchev–Trinajstić information content (AvgIpc) is 3.26. The molecule has 1 saturated carbocycles. The third-order valence-corrected chi connectivity index (χ3v) is 4.73. The fourth-order valence-corrected chi connectivity index (χ4v) is 3.41. The second-order valence-corrected chi connectivity index (χ2v) is 7.11. The van der Waals surface area contributed by atoms with E-state index in [-0.39, 0.29) is 5.75 Å². The van der Waals surface area contributed by atoms with Crippen LogP contribution in [0.2, 0.25) is 0 Å². The number of hydrogen-bond donors (Lipinski definition) is 1. The van der Waals surface area contributed by atoms with Gasteiger partial charge >= 0.3 is 0 Å². The highest BCUT2D eigenvalue weighted by atomic mass is 32.2. The van der Waals surface area contributed by atoms with Gasteiger partial charge in [0.15, 0.2) is 0 Å². The number of sulfonamides is 1. The van der Waals surface area contributed by atoms with Gasteiger partial charge in [0.05, 0.1) is 23.8 Å². The van der Waals surface area contributed by atoms with Crippen molar-refractivity contribution < 1.29 is 8.42 Å². The molecule has 1 aliphatic rings. The Kier molecular flexibility index (Phi) is 3.63. The van der Waals surface area contributed by atoms with E-state index >= 15 is 0 Å². The molecule has 0 bridgehead atoms. The summed E-state index contributed by atoms with van der Waals surface area (Å²) in [5.41, 5.74) is 2.16. The Labute approximate surface area is 124 Å². The Morgan fingerprint density at radius 1 is 1.19 bits per heavy atom. The van der Waals surface area contributed by atoms with Gasteiger partial charge in [-0.05, 0) is 30.9 Å². The van der Waals surface area contributed by atoms with Gasteiger partial charge in [0.2, 0.25) is 10.0 Å². The van der Waals surface area contributed by atoms with E-state index in [1.54, 1.807) is 0 Å². The summed E-state index contributed by atoms with van der Waals surface area (Å²) in [7, 11) is -3.46. The molecule has 0 spiro atoms. The van der Waals surface area contributed by atoms with Gasteiger partial charge in [0, 0.05) is 5.92 Å². The Hall–Kier alpha value is -1.95. The molecule has 110 valence electrons. The molecule has 0 aliphatic heterocycles. The quantitative estimate of drug-likeness (QED) is 0.921. The molecule has 1 fully saturated rings. The minimum Gasteiger partial charge on any atom is -0.280 e. The highest BCUT2D eigenvalue weighted by molar-refractivity contribution is 7.91. The number of nitrogens with one attached hydrogen (secondary N) is 1. The summed E-state index contributed by atoms with van der Waals surface area (Å²) in [6.07, 6.45) is 5.32. The van der Waals surface area contributed by atoms with E-state index in [0.717, 1.165) is 29.8 Å². The molecule has 21 heavy (non-hydrogen) atoms. The molecule has 2 aromatic rings. The molecule has 3 rings (SSSR count). The van der Waals surface area contributed by atoms with Gasteiger partial charge in [-0.3, -0.25) is 4.72 Å². The summed E-state index contributed by atoms with van der Waals surface area (Å²) in [5, 5.41) is 0. The van der Waals surface area contributed by atoms with Crippen LogP contribution in [-0.4, -0.2) is 18.4 Å². The summed E-state index contributed by atoms with van der Waals surface area (Å²) >= 11 is 0. The normalized spacial score (nSPS) is 14.9. The van der Waals surface area contributed by atoms with Gasteiger partial charge in [-0.25, -0.2) is 18.4 Å². The van der Waals surface area contributed by atoms with Gasteiger partial charge in [-0.1, -0.05) is 24.3 Å². The van der Waals surface area contributed by atoms with Crippen LogP contribution in [-0.2, 0) is 15.8 Å². The maximum absolute atomic E-state index is 12.2. The van der Waals surface area contributed by atoms with E-state index < -0.39 is 10.0 Å². The maximum atomic E-state index is 12.2. The average molecular weight is 303 g/mol. The molecule has 1 heterocycles. The lowest BCUT2D eigenvalue weighted by Crippen LogP contribution is -2.16. The molecule has 1 aliphatic carbocycles. The topological polar surface area (TPSA) is 72.0 Å². The van der Waals surface area contributed by atoms with Crippen LogP contribution in [0.15, 0.2) is 36.7 Å². The van der Waals surface area contributed by atoms with E-state index in [0.29, 0.717) is 11.6 Å². The summed E-state index contributed by atoms with van der Waals surface area (Å²) < 4.78 is 26.9. The first-order chi connectivity index (χ1) is 10.0. The van der Waals surface area contributed by atoms with Gasteiger partial charge in [-0.15, -0.1) is 0 Å². The van der Waals surface area contributed by atoms with Crippen molar-refractivity contribution >= 4 is 15.7 Å². The zero-order chi connectivity index (χ0) is 14.9. The van der Waals surface area contributed by atoms with Crippen molar-refractivity contribution in [1.29, 1.82) is 0 Å². The van der Waals surface area contributed by atoms with Crippen molar-refractivity contribution in [3.63, 3.8) is 0 Å². The molecule has 0 atom stereocenters. The van der Waals surface area contributed by atoms with Crippen LogP contribution < -0.4 is 4.72 Å². The summed E-state index contributed by atoms with van der Waals surface area (Å²) in [4.78, 5) is 8.42. The first-order valence-corrected chi connectivity index (χ1v) is 8.56. The van der Waals surface area contributed by atoms with Crippen LogP contribution in [0.4, 0.5) is 5.69 Å². The minimum absolute atomic E-state index is 0.0515. The van der Waals surface area contributed by atoms with Crippen LogP contribution >= 0.6 is 0 Å². The highest BCUT2D eigenvalue weighted by Gasteiger charge is 2.26. The van der Waals surface area contributed by atoms with Gasteiger partial charge in [0.1, 0.15) is 5.82 Å². The van der Waals surface area contributed by atoms with Crippen molar-refractivity contribution in [1.82, 2.24) is 9.97 Å². The number of aryl methyl sites for hydroxylation is 1. The van der Waals surface area contributed by atoms with Gasteiger partial charge < -0.3 is 0 Å². The molecule has 6 heteroatoms. The first kappa shape index (κ1) is 14.0. The van der Waals surface area contributed by atoms with Crippen molar-refractivity contribution in [2.45, 2.75) is 31.4 Å². The van der Waals surface area contributed by atoms with Crippen LogP contribution in [0, 0.1) is 6.92 Å². The fraction of sp³-hybridized carbons (Fsp3) is 0.333. The standard InChI is InChI=1S/C15H17N3O2S/c1-11-4-2-3-5-13(11)10-21(19,20)18-14-8-16-15(17-9-14)12-6-7-12/h2-5,8-9,12,18H,6-7,10H2,1H3. The van der Waals surface area contributed by atoms with E-state index in [9.17, 15) is 8.42 Å². The van der Waals surface area contributed by atoms with E-state index in [1.807, 2.05) is 31.2 Å². The number of anilines is 1. The first-order valence-electron chi connectivity index (χ1n) is 6.90. The lowest BCUT2D eigenvalue weighted by molar-refractivity contribution is 0.600. The largest absolute Gasteiger partial charge is 0.280 e. The van der Waals surface area contributed by atoms with E-state index in [1.165, 1.54) is 12.4 Å². The number of rotatable bonds is 5. The molecule has 1 aromatic carbocycles. The fourth-order valence-electron chi connectivity index (χ4n) is 2.14. The summed E-state index contributed by atoms with van der Waals surface area (Å²) in [5.74, 6) is 1.21. The van der Waals surface area contributed by atoms with Crippen molar-refractivity contribution in [3.8, 4) is 0 Å². The summed E-state index contributed by atoms with van der Waals surface area (Å²) in [6, 6.07) is 7.45. The number of benzene rings is 1. The second-order valence-electron chi connectivity index (χ2n) is 5.39. The van der Waals surface area contributed by atoms with E-state index in [2.05, 4.69) is 14.7 Å². The molecule has 1 aromatic heterocycles. The Morgan fingerprint density at radius 3 is 2.48 bits per heavy atom. The Balaban J connectivity index is 1.72. The molecule has 0 saturated heterocycles. The Bertz CT molecular complexity index is 738. The number of aromatic nitrogens is 2. The second kappa shape index (κ2) is 5.44. The van der Waals surface area contributed by atoms with Crippen molar-refractivity contribution in [3.05, 3.63) is 53.6 Å². The molecule has 0 radical (unpaired) electrons. The van der Waals surface area contributed by atoms with Gasteiger partial charge in [0.25, 0.3) is 0 Å². The van der Waals surface area contributed by atoms with E-state index in [4.69, 9.17) is 0 Å². The molecular formula is C15H17N3O2S. The van der Waals surface area contributed by atoms with Crippen LogP contribution in [0.1, 0.15) is 35.7 Å². The van der Waals surface area contributed by atoms with Crippen LogP contribution in [0.5, 0.6) is 0 Å². The Morgan fingerprint density at radius 2 is 1.86 bits per heavy atom. The lowest BCUT2D eigenvalue weighted by Gasteiger charge is -2.09. The zero-order valence-electron chi connectivity index (χ0n) is 11.8. The number of hydrogen-bond acceptors (Lipinski definition) is 4. The van der Waals surface area contributed by atoms with Crippen LogP contribution in [0.3, 0.4) is 0 Å². The minimum atomic E-state index is -3.46. The smallest absolute Gasteiger partial charge is 0.237 e. The molecule has 1 N–H and O–H groups in total. The van der Waals surface area contributed by atoms with Crippen molar-refractivity contribution in [2.24, 2.45) is 0 Å².